The molecule has 1 fully saturated rings. The Hall–Kier alpha value is -2.86. The molecule has 35 heavy (non-hydrogen) atoms. The van der Waals surface area contributed by atoms with Crippen molar-refractivity contribution in [2.75, 3.05) is 19.6 Å². The van der Waals surface area contributed by atoms with Gasteiger partial charge in [-0.3, -0.25) is 9.69 Å². The fraction of sp³-hybridized carbons (Fsp3) is 0.517. The lowest BCUT2D eigenvalue weighted by atomic mass is 9.78. The highest BCUT2D eigenvalue weighted by molar-refractivity contribution is 5.78. The van der Waals surface area contributed by atoms with Crippen LogP contribution in [0.5, 0.6) is 5.75 Å². The molecule has 0 saturated carbocycles. The van der Waals surface area contributed by atoms with Crippen LogP contribution in [0, 0.1) is 0 Å². The summed E-state index contributed by atoms with van der Waals surface area (Å²) in [5.74, 6) is 0.957. The van der Waals surface area contributed by atoms with E-state index in [2.05, 4.69) is 46.7 Å². The van der Waals surface area contributed by atoms with E-state index in [1.807, 2.05) is 45.9 Å². The van der Waals surface area contributed by atoms with E-state index >= 15 is 0 Å². The monoisotopic (exact) mass is 481 g/mol. The van der Waals surface area contributed by atoms with Gasteiger partial charge < -0.3 is 15.4 Å². The third-order valence-corrected chi connectivity index (χ3v) is 6.37. The summed E-state index contributed by atoms with van der Waals surface area (Å²) in [7, 11) is 0. The van der Waals surface area contributed by atoms with Crippen molar-refractivity contribution in [1.82, 2.24) is 15.5 Å². The number of ether oxygens (including phenoxy) is 1. The Morgan fingerprint density at radius 1 is 0.943 bits per heavy atom. The first kappa shape index (κ1) is 28.4. The minimum Gasteiger partial charge on any atom is -0.410 e. The molecule has 192 valence electrons. The molecule has 2 aliphatic rings. The molecule has 3 atom stereocenters. The van der Waals surface area contributed by atoms with Crippen LogP contribution < -0.4 is 15.4 Å². The molecule has 3 unspecified atom stereocenters. The van der Waals surface area contributed by atoms with E-state index in [1.54, 1.807) is 12.1 Å². The number of nitrogens with one attached hydrogen (secondary N) is 2. The van der Waals surface area contributed by atoms with Crippen molar-refractivity contribution >= 4 is 12.0 Å². The zero-order valence-corrected chi connectivity index (χ0v) is 22.0. The van der Waals surface area contributed by atoms with E-state index in [4.69, 9.17) is 4.74 Å². The Balaban J connectivity index is 0.00000103. The molecule has 4 rings (SSSR count). The van der Waals surface area contributed by atoms with Crippen molar-refractivity contribution < 1.29 is 14.3 Å². The van der Waals surface area contributed by atoms with Crippen molar-refractivity contribution in [2.45, 2.75) is 78.3 Å². The number of nitrogens with zero attached hydrogens (tertiary/aromatic N) is 1. The zero-order chi connectivity index (χ0) is 25.6. The number of carbonyl (C=O) groups excluding carboxylic acids is 2. The molecule has 0 bridgehead atoms. The van der Waals surface area contributed by atoms with Gasteiger partial charge in [-0.1, -0.05) is 77.1 Å². The maximum atomic E-state index is 12.7. The van der Waals surface area contributed by atoms with Crippen molar-refractivity contribution in [3.63, 3.8) is 0 Å². The van der Waals surface area contributed by atoms with Crippen LogP contribution in [0.1, 0.15) is 70.9 Å². The quantitative estimate of drug-likeness (QED) is 0.569. The molecule has 6 heteroatoms. The van der Waals surface area contributed by atoms with Gasteiger partial charge in [-0.15, -0.1) is 0 Å². The largest absolute Gasteiger partial charge is 0.412 e. The highest BCUT2D eigenvalue weighted by atomic mass is 16.6. The second kappa shape index (κ2) is 15.2. The topological polar surface area (TPSA) is 70.7 Å². The Kier molecular flexibility index (Phi) is 12.3. The summed E-state index contributed by atoms with van der Waals surface area (Å²) < 4.78 is 5.30. The summed E-state index contributed by atoms with van der Waals surface area (Å²) in [5.41, 5.74) is 2.79. The third kappa shape index (κ3) is 8.39. The van der Waals surface area contributed by atoms with Gasteiger partial charge in [-0.05, 0) is 48.9 Å². The normalized spacial score (nSPS) is 20.8. The Morgan fingerprint density at radius 2 is 1.63 bits per heavy atom. The lowest BCUT2D eigenvalue weighted by molar-refractivity contribution is -0.123. The van der Waals surface area contributed by atoms with E-state index in [0.717, 1.165) is 32.2 Å². The number of rotatable bonds is 6. The standard InChI is InChI=1S/C25H31N3O3.2C2H6/c1-2-21-22-11-7-6-8-18(22)12-13-23(21)27-24(29)17-28-15-14-19(16-28)26-25(30)31-20-9-4-3-5-10-20;2*1-2/h3-11,19,21,23H,2,12-17H2,1H3,(H,26,30)(H,27,29);2*1-2H3. The average molecular weight is 482 g/mol. The molecule has 6 nitrogen and oxygen atoms in total. The Morgan fingerprint density at radius 3 is 2.34 bits per heavy atom. The number of hydrogen-bond acceptors (Lipinski definition) is 4. The molecule has 1 aliphatic carbocycles. The predicted molar refractivity (Wildman–Crippen MR) is 143 cm³/mol. The van der Waals surface area contributed by atoms with Crippen LogP contribution >= 0.6 is 0 Å². The van der Waals surface area contributed by atoms with Crippen LogP contribution in [-0.4, -0.2) is 48.6 Å². The van der Waals surface area contributed by atoms with E-state index in [0.29, 0.717) is 24.8 Å². The Bertz CT molecular complexity index is 903. The fourth-order valence-corrected chi connectivity index (χ4v) is 4.87. The van der Waals surface area contributed by atoms with Gasteiger partial charge in [-0.25, -0.2) is 4.79 Å². The van der Waals surface area contributed by atoms with Gasteiger partial charge in [0.1, 0.15) is 5.75 Å². The number of likely N-dealkylation sites (tertiary alicyclic amines) is 1. The van der Waals surface area contributed by atoms with Crippen molar-refractivity contribution in [3.8, 4) is 5.75 Å². The molecule has 0 spiro atoms. The highest BCUT2D eigenvalue weighted by Gasteiger charge is 2.31. The highest BCUT2D eigenvalue weighted by Crippen LogP contribution is 2.34. The van der Waals surface area contributed by atoms with Crippen LogP contribution in [0.4, 0.5) is 4.79 Å². The minimum absolute atomic E-state index is 0.00559. The molecule has 1 saturated heterocycles. The number of para-hydroxylation sites is 1. The molecule has 2 aromatic carbocycles. The molecular weight excluding hydrogens is 438 g/mol. The van der Waals surface area contributed by atoms with Gasteiger partial charge in [0, 0.05) is 31.1 Å². The number of aryl methyl sites for hydroxylation is 1. The second-order valence-corrected chi connectivity index (χ2v) is 8.49. The third-order valence-electron chi connectivity index (χ3n) is 6.37. The van der Waals surface area contributed by atoms with Crippen LogP contribution in [0.2, 0.25) is 0 Å². The Labute approximate surface area is 211 Å². The van der Waals surface area contributed by atoms with Gasteiger partial charge in [-0.2, -0.15) is 0 Å². The molecule has 2 N–H and O–H groups in total. The van der Waals surface area contributed by atoms with Gasteiger partial charge in [0.2, 0.25) is 5.91 Å². The summed E-state index contributed by atoms with van der Waals surface area (Å²) >= 11 is 0. The molecule has 0 aromatic heterocycles. The van der Waals surface area contributed by atoms with E-state index in [1.165, 1.54) is 11.1 Å². The number of hydrogen-bond donors (Lipinski definition) is 2. The fourth-order valence-electron chi connectivity index (χ4n) is 4.87. The summed E-state index contributed by atoms with van der Waals surface area (Å²) in [5, 5.41) is 6.19. The van der Waals surface area contributed by atoms with Crippen LogP contribution in [-0.2, 0) is 11.2 Å². The first-order valence-corrected chi connectivity index (χ1v) is 13.2. The summed E-state index contributed by atoms with van der Waals surface area (Å²) in [6.07, 6.45) is 3.37. The lowest BCUT2D eigenvalue weighted by Crippen LogP contribution is -2.46. The van der Waals surface area contributed by atoms with Crippen molar-refractivity contribution in [1.29, 1.82) is 0 Å². The molecule has 1 heterocycles. The number of fused-ring (bicyclic) bond motifs is 1. The van der Waals surface area contributed by atoms with E-state index in [-0.39, 0.29) is 18.0 Å². The second-order valence-electron chi connectivity index (χ2n) is 8.49. The number of benzene rings is 2. The maximum Gasteiger partial charge on any atom is 0.412 e. The SMILES string of the molecule is CC.CC.CCC1c2ccccc2CCC1NC(=O)CN1CCC(NC(=O)Oc2ccccc2)C1. The van der Waals surface area contributed by atoms with Gasteiger partial charge in [0.05, 0.1) is 6.54 Å². The molecule has 1 aliphatic heterocycles. The van der Waals surface area contributed by atoms with Crippen LogP contribution in [0.25, 0.3) is 0 Å². The molecular formula is C29H43N3O3. The maximum absolute atomic E-state index is 12.7. The van der Waals surface area contributed by atoms with Crippen LogP contribution in [0.3, 0.4) is 0 Å². The first-order chi connectivity index (χ1) is 17.1. The molecule has 2 aromatic rings. The smallest absolute Gasteiger partial charge is 0.410 e. The first-order valence-electron chi connectivity index (χ1n) is 13.2. The minimum atomic E-state index is -0.450. The number of amides is 2. The van der Waals surface area contributed by atoms with Gasteiger partial charge in [0.15, 0.2) is 0 Å². The van der Waals surface area contributed by atoms with Gasteiger partial charge >= 0.3 is 6.09 Å². The van der Waals surface area contributed by atoms with Crippen LogP contribution in [0.15, 0.2) is 54.6 Å². The van der Waals surface area contributed by atoms with E-state index < -0.39 is 6.09 Å². The van der Waals surface area contributed by atoms with E-state index in [9.17, 15) is 9.59 Å². The summed E-state index contributed by atoms with van der Waals surface area (Å²) in [4.78, 5) is 26.9. The summed E-state index contributed by atoms with van der Waals surface area (Å²) in [6.45, 7) is 12.0. The predicted octanol–water partition coefficient (Wildman–Crippen LogP) is 5.53. The zero-order valence-electron chi connectivity index (χ0n) is 22.0. The lowest BCUT2D eigenvalue weighted by Gasteiger charge is -2.34. The van der Waals surface area contributed by atoms with Crippen molar-refractivity contribution in [2.24, 2.45) is 0 Å². The summed E-state index contributed by atoms with van der Waals surface area (Å²) in [6, 6.07) is 17.8. The number of carbonyl (C=O) groups is 2. The van der Waals surface area contributed by atoms with Crippen molar-refractivity contribution in [3.05, 3.63) is 65.7 Å². The molecule has 0 radical (unpaired) electrons. The average Bonchev–Trinajstić information content (AvgIpc) is 3.33. The molecule has 2 amide bonds. The van der Waals surface area contributed by atoms with Gasteiger partial charge in [0.25, 0.3) is 0 Å².